The van der Waals surface area contributed by atoms with Gasteiger partial charge in [-0.3, -0.25) is 9.78 Å². The maximum atomic E-state index is 12.6. The average molecular weight is 276 g/mol. The smallest absolute Gasteiger partial charge is 0.422 e. The van der Waals surface area contributed by atoms with E-state index in [0.717, 1.165) is 0 Å². The molecule has 104 valence electrons. The molecule has 0 aliphatic rings. The van der Waals surface area contributed by atoms with E-state index in [1.807, 2.05) is 0 Å². The van der Waals surface area contributed by atoms with E-state index < -0.39 is 30.0 Å². The monoisotopic (exact) mass is 276 g/mol. The number of nitrogens with zero attached hydrogens (tertiary/aromatic N) is 1. The van der Waals surface area contributed by atoms with Crippen LogP contribution in [-0.2, 0) is 16.0 Å². The van der Waals surface area contributed by atoms with Crippen LogP contribution in [0.1, 0.15) is 12.6 Å². The SMILES string of the molecule is CC(NC(=O)Cc1ccccn1)(C(=O)O)C(F)(F)F. The molecule has 0 spiro atoms. The molecular formula is C11H11F3N2O3. The van der Waals surface area contributed by atoms with Gasteiger partial charge in [0, 0.05) is 11.9 Å². The number of rotatable bonds is 4. The lowest BCUT2D eigenvalue weighted by atomic mass is 10.0. The van der Waals surface area contributed by atoms with Crippen molar-refractivity contribution in [2.45, 2.75) is 25.1 Å². The van der Waals surface area contributed by atoms with Crippen molar-refractivity contribution in [2.24, 2.45) is 0 Å². The van der Waals surface area contributed by atoms with E-state index in [4.69, 9.17) is 5.11 Å². The normalized spacial score (nSPS) is 14.5. The van der Waals surface area contributed by atoms with Crippen LogP contribution in [0.5, 0.6) is 0 Å². The van der Waals surface area contributed by atoms with Gasteiger partial charge in [0.15, 0.2) is 0 Å². The first-order chi connectivity index (χ1) is 8.67. The lowest BCUT2D eigenvalue weighted by Crippen LogP contribution is -2.62. The molecule has 8 heteroatoms. The molecule has 0 saturated carbocycles. The molecule has 1 amide bonds. The maximum absolute atomic E-state index is 12.6. The van der Waals surface area contributed by atoms with Crippen LogP contribution < -0.4 is 5.32 Å². The highest BCUT2D eigenvalue weighted by Crippen LogP contribution is 2.30. The van der Waals surface area contributed by atoms with Gasteiger partial charge in [0.05, 0.1) is 6.42 Å². The summed E-state index contributed by atoms with van der Waals surface area (Å²) < 4.78 is 37.9. The zero-order valence-electron chi connectivity index (χ0n) is 9.86. The number of aromatic nitrogens is 1. The first-order valence-corrected chi connectivity index (χ1v) is 5.18. The van der Waals surface area contributed by atoms with Crippen molar-refractivity contribution in [3.8, 4) is 0 Å². The Labute approximate surface area is 106 Å². The molecule has 0 radical (unpaired) electrons. The van der Waals surface area contributed by atoms with Crippen molar-refractivity contribution in [2.75, 3.05) is 0 Å². The molecule has 19 heavy (non-hydrogen) atoms. The Morgan fingerprint density at radius 3 is 2.42 bits per heavy atom. The highest BCUT2D eigenvalue weighted by Gasteiger charge is 2.58. The number of carbonyl (C=O) groups is 2. The molecule has 5 nitrogen and oxygen atoms in total. The molecule has 0 aromatic carbocycles. The van der Waals surface area contributed by atoms with E-state index in [-0.39, 0.29) is 5.69 Å². The summed E-state index contributed by atoms with van der Waals surface area (Å²) in [7, 11) is 0. The van der Waals surface area contributed by atoms with E-state index in [1.54, 1.807) is 12.1 Å². The lowest BCUT2D eigenvalue weighted by Gasteiger charge is -2.28. The second kappa shape index (κ2) is 5.25. The third-order valence-corrected chi connectivity index (χ3v) is 2.45. The Morgan fingerprint density at radius 1 is 1.37 bits per heavy atom. The molecule has 2 N–H and O–H groups in total. The number of aliphatic carboxylic acids is 1. The van der Waals surface area contributed by atoms with Crippen LogP contribution in [0.15, 0.2) is 24.4 Å². The summed E-state index contributed by atoms with van der Waals surface area (Å²) in [4.78, 5) is 25.9. The summed E-state index contributed by atoms with van der Waals surface area (Å²) in [6.07, 6.45) is -4.15. The van der Waals surface area contributed by atoms with Crippen LogP contribution in [0.3, 0.4) is 0 Å². The van der Waals surface area contributed by atoms with Crippen LogP contribution >= 0.6 is 0 Å². The number of carboxylic acids is 1. The number of carbonyl (C=O) groups excluding carboxylic acids is 1. The van der Waals surface area contributed by atoms with Crippen LogP contribution in [0, 0.1) is 0 Å². The van der Waals surface area contributed by atoms with Gasteiger partial charge in [-0.1, -0.05) is 6.07 Å². The summed E-state index contributed by atoms with van der Waals surface area (Å²) in [6, 6.07) is 4.60. The number of hydrogen-bond acceptors (Lipinski definition) is 3. The van der Waals surface area contributed by atoms with Gasteiger partial charge in [0.25, 0.3) is 0 Å². The molecule has 1 aromatic heterocycles. The van der Waals surface area contributed by atoms with Gasteiger partial charge in [0.2, 0.25) is 11.4 Å². The summed E-state index contributed by atoms with van der Waals surface area (Å²) in [5.41, 5.74) is -3.08. The van der Waals surface area contributed by atoms with E-state index in [0.29, 0.717) is 6.92 Å². The molecule has 0 aliphatic heterocycles. The first-order valence-electron chi connectivity index (χ1n) is 5.18. The first kappa shape index (κ1) is 14.9. The van der Waals surface area contributed by atoms with Crippen molar-refractivity contribution < 1.29 is 27.9 Å². The van der Waals surface area contributed by atoms with E-state index in [2.05, 4.69) is 4.98 Å². The highest BCUT2D eigenvalue weighted by molar-refractivity contribution is 5.88. The fraction of sp³-hybridized carbons (Fsp3) is 0.364. The molecule has 1 atom stereocenters. The Hall–Kier alpha value is -2.12. The van der Waals surface area contributed by atoms with E-state index in [9.17, 15) is 22.8 Å². The largest absolute Gasteiger partial charge is 0.479 e. The van der Waals surface area contributed by atoms with Gasteiger partial charge in [-0.2, -0.15) is 13.2 Å². The number of carboxylic acid groups (broad SMARTS) is 1. The third-order valence-electron chi connectivity index (χ3n) is 2.45. The minimum atomic E-state index is -5.10. The summed E-state index contributed by atoms with van der Waals surface area (Å²) >= 11 is 0. The van der Waals surface area contributed by atoms with E-state index >= 15 is 0 Å². The predicted octanol–water partition coefficient (Wildman–Crippen LogP) is 1.15. The summed E-state index contributed by atoms with van der Waals surface area (Å²) in [5.74, 6) is -3.24. The maximum Gasteiger partial charge on any atom is 0.422 e. The second-order valence-electron chi connectivity index (χ2n) is 3.97. The molecule has 0 aliphatic carbocycles. The minimum absolute atomic E-state index is 0.245. The van der Waals surface area contributed by atoms with Gasteiger partial charge in [-0.25, -0.2) is 4.79 Å². The van der Waals surface area contributed by atoms with E-state index in [1.165, 1.54) is 17.6 Å². The fourth-order valence-corrected chi connectivity index (χ4v) is 1.24. The molecule has 1 unspecified atom stereocenters. The molecule has 1 rings (SSSR count). The van der Waals surface area contributed by atoms with Crippen LogP contribution in [-0.4, -0.2) is 33.7 Å². The van der Waals surface area contributed by atoms with Gasteiger partial charge in [0.1, 0.15) is 0 Å². The number of nitrogens with one attached hydrogen (secondary N) is 1. The quantitative estimate of drug-likeness (QED) is 0.864. The van der Waals surface area contributed by atoms with Crippen molar-refractivity contribution >= 4 is 11.9 Å². The number of halogens is 3. The molecule has 0 fully saturated rings. The molecular weight excluding hydrogens is 265 g/mol. The highest BCUT2D eigenvalue weighted by atomic mass is 19.4. The van der Waals surface area contributed by atoms with Crippen LogP contribution in [0.4, 0.5) is 13.2 Å². The molecule has 1 aromatic rings. The van der Waals surface area contributed by atoms with Crippen molar-refractivity contribution in [3.63, 3.8) is 0 Å². The Kier molecular flexibility index (Phi) is 4.13. The minimum Gasteiger partial charge on any atom is -0.479 e. The number of hydrogen-bond donors (Lipinski definition) is 2. The molecule has 1 heterocycles. The molecule has 0 saturated heterocycles. The van der Waals surface area contributed by atoms with Gasteiger partial charge in [-0.05, 0) is 19.1 Å². The number of pyridine rings is 1. The van der Waals surface area contributed by atoms with Gasteiger partial charge < -0.3 is 10.4 Å². The number of alkyl halides is 3. The van der Waals surface area contributed by atoms with Crippen LogP contribution in [0.25, 0.3) is 0 Å². The third kappa shape index (κ3) is 3.43. The summed E-state index contributed by atoms with van der Waals surface area (Å²) in [5, 5.41) is 10.1. The topological polar surface area (TPSA) is 79.3 Å². The predicted molar refractivity (Wildman–Crippen MR) is 58.2 cm³/mol. The molecule has 0 bridgehead atoms. The van der Waals surface area contributed by atoms with Crippen LogP contribution in [0.2, 0.25) is 0 Å². The van der Waals surface area contributed by atoms with Crippen molar-refractivity contribution in [1.82, 2.24) is 10.3 Å². The fourth-order valence-electron chi connectivity index (χ4n) is 1.24. The number of amides is 1. The zero-order chi connectivity index (χ0) is 14.7. The zero-order valence-corrected chi connectivity index (χ0v) is 9.86. The Balaban J connectivity index is 2.82. The average Bonchev–Trinajstić information content (AvgIpc) is 2.28. The standard InChI is InChI=1S/C11H11F3N2O3/c1-10(9(18)19,11(12,13)14)16-8(17)6-7-4-2-3-5-15-7/h2-5H,6H2,1H3,(H,16,17)(H,18,19). The van der Waals surface area contributed by atoms with Gasteiger partial charge in [-0.15, -0.1) is 0 Å². The van der Waals surface area contributed by atoms with Crippen molar-refractivity contribution in [1.29, 1.82) is 0 Å². The Morgan fingerprint density at radius 2 is 2.00 bits per heavy atom. The lowest BCUT2D eigenvalue weighted by molar-refractivity contribution is -0.206. The Bertz CT molecular complexity index is 476. The summed E-state index contributed by atoms with van der Waals surface area (Å²) in [6.45, 7) is 0.394. The van der Waals surface area contributed by atoms with Gasteiger partial charge >= 0.3 is 12.1 Å². The second-order valence-corrected chi connectivity index (χ2v) is 3.97. The van der Waals surface area contributed by atoms with Crippen molar-refractivity contribution in [3.05, 3.63) is 30.1 Å².